The third kappa shape index (κ3) is 6.21. The van der Waals surface area contributed by atoms with Crippen LogP contribution in [0.4, 0.5) is 4.39 Å². The van der Waals surface area contributed by atoms with Crippen LogP contribution in [0.25, 0.3) is 0 Å². The first-order chi connectivity index (χ1) is 11.2. The fourth-order valence-electron chi connectivity index (χ4n) is 4.95. The van der Waals surface area contributed by atoms with Crippen molar-refractivity contribution in [1.29, 1.82) is 0 Å². The van der Waals surface area contributed by atoms with E-state index in [4.69, 9.17) is 4.74 Å². The number of hydrogen-bond acceptors (Lipinski definition) is 1. The molecule has 134 valence electrons. The van der Waals surface area contributed by atoms with Crippen LogP contribution in [0, 0.1) is 23.7 Å². The minimum atomic E-state index is -0.308. The first-order valence-electron chi connectivity index (χ1n) is 10.1. The van der Waals surface area contributed by atoms with E-state index in [1.165, 1.54) is 57.8 Å². The number of halogens is 1. The molecule has 1 atom stereocenters. The van der Waals surface area contributed by atoms with Gasteiger partial charge in [0.25, 0.3) is 0 Å². The zero-order valence-electron chi connectivity index (χ0n) is 15.3. The van der Waals surface area contributed by atoms with Crippen molar-refractivity contribution in [2.75, 3.05) is 13.3 Å². The lowest BCUT2D eigenvalue weighted by molar-refractivity contribution is 0.00799. The van der Waals surface area contributed by atoms with Gasteiger partial charge in [0, 0.05) is 6.61 Å². The lowest BCUT2D eigenvalue weighted by Gasteiger charge is -2.39. The molecule has 2 rings (SSSR count). The molecule has 0 aromatic carbocycles. The van der Waals surface area contributed by atoms with Crippen molar-refractivity contribution in [2.24, 2.45) is 23.7 Å². The van der Waals surface area contributed by atoms with Gasteiger partial charge >= 0.3 is 0 Å². The van der Waals surface area contributed by atoms with Gasteiger partial charge in [-0.05, 0) is 88.9 Å². The molecular weight excluding hydrogens is 287 g/mol. The molecule has 23 heavy (non-hydrogen) atoms. The summed E-state index contributed by atoms with van der Waals surface area (Å²) in [6, 6.07) is 0. The van der Waals surface area contributed by atoms with Gasteiger partial charge in [-0.25, -0.2) is 4.39 Å². The van der Waals surface area contributed by atoms with E-state index in [0.29, 0.717) is 6.10 Å². The smallest absolute Gasteiger partial charge is 0.108 e. The van der Waals surface area contributed by atoms with E-state index in [2.05, 4.69) is 13.8 Å². The van der Waals surface area contributed by atoms with Gasteiger partial charge in [0.05, 0.1) is 6.10 Å². The molecule has 0 heterocycles. The summed E-state index contributed by atoms with van der Waals surface area (Å²) in [6.07, 6.45) is 17.8. The van der Waals surface area contributed by atoms with Crippen molar-refractivity contribution in [2.45, 2.75) is 84.2 Å². The second-order valence-electron chi connectivity index (χ2n) is 7.82. The standard InChI is InChI=1S/C21H37FO/c1-3-23-17(2)19-12-14-21(15-13-19)20-10-8-18(9-11-20)7-5-4-6-16-22/h4,6,17-21H,3,5,7-16H2,1-2H3. The Morgan fingerprint density at radius 3 is 2.13 bits per heavy atom. The Labute approximate surface area is 143 Å². The summed E-state index contributed by atoms with van der Waals surface area (Å²) in [5.74, 6) is 3.65. The van der Waals surface area contributed by atoms with E-state index in [1.807, 2.05) is 6.08 Å². The average Bonchev–Trinajstić information content (AvgIpc) is 2.60. The van der Waals surface area contributed by atoms with Crippen molar-refractivity contribution >= 4 is 0 Å². The highest BCUT2D eigenvalue weighted by molar-refractivity contribution is 4.85. The Kier molecular flexibility index (Phi) is 8.64. The van der Waals surface area contributed by atoms with Crippen LogP contribution >= 0.6 is 0 Å². The molecule has 0 bridgehead atoms. The van der Waals surface area contributed by atoms with Crippen LogP contribution < -0.4 is 0 Å². The molecule has 1 unspecified atom stereocenters. The topological polar surface area (TPSA) is 9.23 Å². The SMILES string of the molecule is CCOC(C)C1CCC(C2CCC(CCC=CCF)CC2)CC1. The van der Waals surface area contributed by atoms with Crippen molar-refractivity contribution in [3.8, 4) is 0 Å². The minimum Gasteiger partial charge on any atom is -0.379 e. The van der Waals surface area contributed by atoms with Crippen molar-refractivity contribution < 1.29 is 9.13 Å². The first-order valence-corrected chi connectivity index (χ1v) is 10.1. The molecule has 0 amide bonds. The highest BCUT2D eigenvalue weighted by Crippen LogP contribution is 2.43. The van der Waals surface area contributed by atoms with E-state index in [9.17, 15) is 4.39 Å². The molecule has 1 nitrogen and oxygen atoms in total. The van der Waals surface area contributed by atoms with Gasteiger partial charge in [-0.3, -0.25) is 0 Å². The molecule has 0 aliphatic heterocycles. The van der Waals surface area contributed by atoms with Crippen LogP contribution in [0.5, 0.6) is 0 Å². The molecule has 2 aliphatic rings. The van der Waals surface area contributed by atoms with Gasteiger partial charge in [0.15, 0.2) is 0 Å². The molecule has 0 saturated heterocycles. The summed E-state index contributed by atoms with van der Waals surface area (Å²) in [7, 11) is 0. The van der Waals surface area contributed by atoms with Crippen LogP contribution in [0.15, 0.2) is 12.2 Å². The maximum atomic E-state index is 12.0. The summed E-state index contributed by atoms with van der Waals surface area (Å²) in [4.78, 5) is 0. The van der Waals surface area contributed by atoms with E-state index in [0.717, 1.165) is 36.7 Å². The van der Waals surface area contributed by atoms with Gasteiger partial charge in [-0.1, -0.05) is 25.0 Å². The van der Waals surface area contributed by atoms with Crippen molar-refractivity contribution in [1.82, 2.24) is 0 Å². The van der Waals surface area contributed by atoms with Gasteiger partial charge in [0.1, 0.15) is 6.67 Å². The Morgan fingerprint density at radius 1 is 0.957 bits per heavy atom. The Balaban J connectivity index is 1.63. The number of ether oxygens (including phenoxy) is 1. The largest absolute Gasteiger partial charge is 0.379 e. The van der Waals surface area contributed by atoms with E-state index < -0.39 is 0 Å². The van der Waals surface area contributed by atoms with Crippen LogP contribution in [-0.4, -0.2) is 19.4 Å². The molecule has 2 heteroatoms. The van der Waals surface area contributed by atoms with Crippen LogP contribution in [0.3, 0.4) is 0 Å². The predicted octanol–water partition coefficient (Wildman–Crippen LogP) is 6.33. The van der Waals surface area contributed by atoms with Gasteiger partial charge in [-0.2, -0.15) is 0 Å². The summed E-state index contributed by atoms with van der Waals surface area (Å²) < 4.78 is 17.8. The Morgan fingerprint density at radius 2 is 1.57 bits per heavy atom. The van der Waals surface area contributed by atoms with Crippen LogP contribution in [0.2, 0.25) is 0 Å². The van der Waals surface area contributed by atoms with Crippen LogP contribution in [0.1, 0.15) is 78.1 Å². The monoisotopic (exact) mass is 324 g/mol. The van der Waals surface area contributed by atoms with E-state index in [-0.39, 0.29) is 6.67 Å². The lowest BCUT2D eigenvalue weighted by atomic mass is 9.68. The maximum Gasteiger partial charge on any atom is 0.108 e. The fourth-order valence-corrected chi connectivity index (χ4v) is 4.95. The Bertz CT molecular complexity index is 325. The third-order valence-corrected chi connectivity index (χ3v) is 6.47. The van der Waals surface area contributed by atoms with Crippen molar-refractivity contribution in [3.63, 3.8) is 0 Å². The Hall–Kier alpha value is -0.370. The van der Waals surface area contributed by atoms with E-state index >= 15 is 0 Å². The second kappa shape index (κ2) is 10.5. The fraction of sp³-hybridized carbons (Fsp3) is 0.905. The molecule has 0 N–H and O–H groups in total. The summed E-state index contributed by atoms with van der Waals surface area (Å²) in [5.41, 5.74) is 0. The first kappa shape index (κ1) is 19.0. The number of hydrogen-bond donors (Lipinski definition) is 0. The quantitative estimate of drug-likeness (QED) is 0.474. The minimum absolute atomic E-state index is 0.308. The molecular formula is C21H37FO. The van der Waals surface area contributed by atoms with Crippen molar-refractivity contribution in [3.05, 3.63) is 12.2 Å². The van der Waals surface area contributed by atoms with Gasteiger partial charge < -0.3 is 4.74 Å². The van der Waals surface area contributed by atoms with Gasteiger partial charge in [-0.15, -0.1) is 0 Å². The molecule has 2 saturated carbocycles. The summed E-state index contributed by atoms with van der Waals surface area (Å²) in [5, 5.41) is 0. The number of rotatable bonds is 8. The molecule has 0 aromatic rings. The molecule has 0 spiro atoms. The van der Waals surface area contributed by atoms with Crippen LogP contribution in [-0.2, 0) is 4.74 Å². The number of alkyl halides is 1. The highest BCUT2D eigenvalue weighted by Gasteiger charge is 2.32. The zero-order valence-corrected chi connectivity index (χ0v) is 15.3. The molecule has 0 radical (unpaired) electrons. The number of allylic oxidation sites excluding steroid dienone is 2. The third-order valence-electron chi connectivity index (χ3n) is 6.47. The van der Waals surface area contributed by atoms with E-state index in [1.54, 1.807) is 6.08 Å². The summed E-state index contributed by atoms with van der Waals surface area (Å²) >= 11 is 0. The summed E-state index contributed by atoms with van der Waals surface area (Å²) in [6.45, 7) is 4.91. The maximum absolute atomic E-state index is 12.0. The highest BCUT2D eigenvalue weighted by atomic mass is 19.1. The average molecular weight is 325 g/mol. The van der Waals surface area contributed by atoms with Gasteiger partial charge in [0.2, 0.25) is 0 Å². The molecule has 2 fully saturated rings. The molecule has 0 aromatic heterocycles. The zero-order chi connectivity index (χ0) is 16.5. The molecule has 2 aliphatic carbocycles. The predicted molar refractivity (Wildman–Crippen MR) is 96.3 cm³/mol. The lowest BCUT2D eigenvalue weighted by Crippen LogP contribution is -2.30. The normalized spacial score (nSPS) is 33.9. The second-order valence-corrected chi connectivity index (χ2v) is 7.82.